The number of nitrogen functional groups attached to an aromatic ring is 2. The Bertz CT molecular complexity index is 569. The van der Waals surface area contributed by atoms with E-state index in [1.807, 2.05) is 0 Å². The maximum atomic E-state index is 6.09. The molecule has 0 unspecified atom stereocenters. The largest absolute Gasteiger partial charge is 0.396 e. The summed E-state index contributed by atoms with van der Waals surface area (Å²) in [6, 6.07) is 0. The SMILES string of the molecule is Nc1c(Cl)c(Cl)c2c(Cl)c(Cl)c(Cl)c(Cl)c2c1N. The van der Waals surface area contributed by atoms with Gasteiger partial charge in [-0.3, -0.25) is 0 Å². The number of hydrogen-bond acceptors (Lipinski definition) is 2. The van der Waals surface area contributed by atoms with Crippen molar-refractivity contribution >= 4 is 91.8 Å². The van der Waals surface area contributed by atoms with E-state index in [2.05, 4.69) is 0 Å². The topological polar surface area (TPSA) is 52.0 Å². The van der Waals surface area contributed by atoms with Crippen LogP contribution in [0.1, 0.15) is 0 Å². The lowest BCUT2D eigenvalue weighted by atomic mass is 10.1. The summed E-state index contributed by atoms with van der Waals surface area (Å²) in [6.07, 6.45) is 0. The van der Waals surface area contributed by atoms with E-state index >= 15 is 0 Å². The van der Waals surface area contributed by atoms with Crippen LogP contribution in [-0.4, -0.2) is 0 Å². The molecule has 0 atom stereocenters. The van der Waals surface area contributed by atoms with E-state index in [1.165, 1.54) is 0 Å². The lowest BCUT2D eigenvalue weighted by Crippen LogP contribution is -1.99. The molecule has 18 heavy (non-hydrogen) atoms. The van der Waals surface area contributed by atoms with Gasteiger partial charge in [0.1, 0.15) is 0 Å². The number of anilines is 2. The highest BCUT2D eigenvalue weighted by molar-refractivity contribution is 6.58. The van der Waals surface area contributed by atoms with E-state index in [1.54, 1.807) is 0 Å². The molecule has 2 rings (SSSR count). The van der Waals surface area contributed by atoms with E-state index in [4.69, 9.17) is 81.1 Å². The summed E-state index contributed by atoms with van der Waals surface area (Å²) in [5.41, 5.74) is 11.9. The molecular formula is C10H4Cl6N2. The van der Waals surface area contributed by atoms with Gasteiger partial charge in [-0.2, -0.15) is 0 Å². The zero-order valence-electron chi connectivity index (χ0n) is 8.42. The second-order valence-electron chi connectivity index (χ2n) is 3.46. The van der Waals surface area contributed by atoms with Gasteiger partial charge in [0.05, 0.1) is 41.5 Å². The first-order valence-electron chi connectivity index (χ1n) is 4.46. The summed E-state index contributed by atoms with van der Waals surface area (Å²) in [6.45, 7) is 0. The number of rotatable bonds is 0. The molecule has 2 nitrogen and oxygen atoms in total. The second kappa shape index (κ2) is 4.86. The van der Waals surface area contributed by atoms with Gasteiger partial charge in [-0.15, -0.1) is 0 Å². The van der Waals surface area contributed by atoms with E-state index in [-0.39, 0.29) is 41.5 Å². The van der Waals surface area contributed by atoms with E-state index in [0.29, 0.717) is 10.8 Å². The average molecular weight is 365 g/mol. The maximum Gasteiger partial charge on any atom is 0.0849 e. The Kier molecular flexibility index (Phi) is 3.90. The van der Waals surface area contributed by atoms with Crippen LogP contribution in [0, 0.1) is 0 Å². The molecule has 0 spiro atoms. The van der Waals surface area contributed by atoms with Crippen molar-refractivity contribution in [2.24, 2.45) is 0 Å². The molecule has 8 heteroatoms. The minimum Gasteiger partial charge on any atom is -0.396 e. The average Bonchev–Trinajstić information content (AvgIpc) is 2.35. The number of nitrogens with two attached hydrogens (primary N) is 2. The van der Waals surface area contributed by atoms with Crippen molar-refractivity contribution in [1.29, 1.82) is 0 Å². The van der Waals surface area contributed by atoms with Gasteiger partial charge in [-0.25, -0.2) is 0 Å². The fourth-order valence-corrected chi connectivity index (χ4v) is 3.16. The molecule has 0 bridgehead atoms. The smallest absolute Gasteiger partial charge is 0.0849 e. The molecule has 0 saturated heterocycles. The van der Waals surface area contributed by atoms with Crippen LogP contribution in [0.4, 0.5) is 11.4 Å². The summed E-state index contributed by atoms with van der Waals surface area (Å²) in [5.74, 6) is 0. The van der Waals surface area contributed by atoms with Gasteiger partial charge < -0.3 is 11.5 Å². The molecule has 0 radical (unpaired) electrons. The lowest BCUT2D eigenvalue weighted by Gasteiger charge is -2.15. The lowest BCUT2D eigenvalue weighted by molar-refractivity contribution is 1.69. The van der Waals surface area contributed by atoms with Gasteiger partial charge in [0.2, 0.25) is 0 Å². The summed E-state index contributed by atoms with van der Waals surface area (Å²) >= 11 is 36.2. The van der Waals surface area contributed by atoms with Crippen molar-refractivity contribution < 1.29 is 0 Å². The molecule has 0 aromatic heterocycles. The predicted molar refractivity (Wildman–Crippen MR) is 82.8 cm³/mol. The van der Waals surface area contributed by atoms with Crippen LogP contribution in [0.5, 0.6) is 0 Å². The Morgan fingerprint density at radius 3 is 1.33 bits per heavy atom. The monoisotopic (exact) mass is 362 g/mol. The predicted octanol–water partition coefficient (Wildman–Crippen LogP) is 5.92. The summed E-state index contributed by atoms with van der Waals surface area (Å²) in [7, 11) is 0. The normalized spacial score (nSPS) is 11.2. The van der Waals surface area contributed by atoms with Crippen LogP contribution in [0.2, 0.25) is 30.1 Å². The van der Waals surface area contributed by atoms with Crippen molar-refractivity contribution in [2.45, 2.75) is 0 Å². The zero-order chi connectivity index (χ0) is 13.8. The summed E-state index contributed by atoms with van der Waals surface area (Å²) in [4.78, 5) is 0. The fraction of sp³-hybridized carbons (Fsp3) is 0. The first-order valence-corrected chi connectivity index (χ1v) is 6.73. The third-order valence-corrected chi connectivity index (χ3v) is 5.14. The van der Waals surface area contributed by atoms with Crippen LogP contribution >= 0.6 is 69.6 Å². The highest BCUT2D eigenvalue weighted by Gasteiger charge is 2.23. The fourth-order valence-electron chi connectivity index (χ4n) is 1.57. The van der Waals surface area contributed by atoms with Crippen LogP contribution in [0.3, 0.4) is 0 Å². The standard InChI is InChI=1S/C10H4Cl6N2/c11-3-1-2(5(13)7(15)6(3)14)9(17)10(18)8(16)4(1)12/h17-18H2. The highest BCUT2D eigenvalue weighted by Crippen LogP contribution is 2.51. The maximum absolute atomic E-state index is 6.09. The van der Waals surface area contributed by atoms with Gasteiger partial charge >= 0.3 is 0 Å². The van der Waals surface area contributed by atoms with Gasteiger partial charge in [0.15, 0.2) is 0 Å². The van der Waals surface area contributed by atoms with Gasteiger partial charge in [-0.05, 0) is 0 Å². The number of benzene rings is 2. The Balaban J connectivity index is 3.22. The zero-order valence-corrected chi connectivity index (χ0v) is 13.0. The van der Waals surface area contributed by atoms with Crippen molar-refractivity contribution in [3.8, 4) is 0 Å². The van der Waals surface area contributed by atoms with E-state index in [9.17, 15) is 0 Å². The molecule has 96 valence electrons. The Morgan fingerprint density at radius 2 is 0.833 bits per heavy atom. The van der Waals surface area contributed by atoms with E-state index < -0.39 is 0 Å². The van der Waals surface area contributed by atoms with Gasteiger partial charge in [-0.1, -0.05) is 69.6 Å². The minimum absolute atomic E-state index is 0.0815. The van der Waals surface area contributed by atoms with Crippen molar-refractivity contribution in [3.63, 3.8) is 0 Å². The molecule has 0 saturated carbocycles. The summed E-state index contributed by atoms with van der Waals surface area (Å²) < 4.78 is 0. The molecule has 0 heterocycles. The molecule has 0 aliphatic rings. The van der Waals surface area contributed by atoms with Gasteiger partial charge in [0.25, 0.3) is 0 Å². The first kappa shape index (κ1) is 14.4. The molecule has 0 aliphatic heterocycles. The van der Waals surface area contributed by atoms with Gasteiger partial charge in [0, 0.05) is 10.8 Å². The molecule has 2 aromatic rings. The van der Waals surface area contributed by atoms with Crippen molar-refractivity contribution in [2.75, 3.05) is 11.5 Å². The number of halogens is 6. The molecule has 4 N–H and O–H groups in total. The van der Waals surface area contributed by atoms with Crippen LogP contribution in [0.25, 0.3) is 10.8 Å². The van der Waals surface area contributed by atoms with E-state index in [0.717, 1.165) is 0 Å². The second-order valence-corrected chi connectivity index (χ2v) is 5.73. The molecule has 0 aliphatic carbocycles. The number of fused-ring (bicyclic) bond motifs is 1. The summed E-state index contributed by atoms with van der Waals surface area (Å²) in [5, 5.41) is 1.31. The highest BCUT2D eigenvalue weighted by atomic mass is 35.5. The molecular weight excluding hydrogens is 361 g/mol. The first-order chi connectivity index (χ1) is 8.29. The third kappa shape index (κ3) is 1.87. The molecule has 0 amide bonds. The Morgan fingerprint density at radius 1 is 0.444 bits per heavy atom. The number of hydrogen-bond donors (Lipinski definition) is 2. The van der Waals surface area contributed by atoms with Crippen molar-refractivity contribution in [3.05, 3.63) is 30.1 Å². The minimum atomic E-state index is 0.0815. The Hall–Kier alpha value is 0.0400. The van der Waals surface area contributed by atoms with Crippen LogP contribution in [0.15, 0.2) is 0 Å². The van der Waals surface area contributed by atoms with Crippen LogP contribution in [-0.2, 0) is 0 Å². The molecule has 2 aromatic carbocycles. The quantitative estimate of drug-likeness (QED) is 0.346. The Labute approximate surface area is 133 Å². The van der Waals surface area contributed by atoms with Crippen LogP contribution < -0.4 is 11.5 Å². The van der Waals surface area contributed by atoms with Crippen molar-refractivity contribution in [1.82, 2.24) is 0 Å². The third-order valence-electron chi connectivity index (χ3n) is 2.48. The molecule has 0 fully saturated rings.